The average Bonchev–Trinajstić information content (AvgIpc) is 2.88. The van der Waals surface area contributed by atoms with Crippen LogP contribution in [0.15, 0.2) is 0 Å². The maximum Gasteiger partial charge on any atom is 0.320 e. The third kappa shape index (κ3) is 2.96. The predicted octanol–water partition coefficient (Wildman–Crippen LogP) is 0.456. The Morgan fingerprint density at radius 3 is 2.36 bits per heavy atom. The van der Waals surface area contributed by atoms with E-state index < -0.39 is 12.0 Å². The average molecular weight is 201 g/mol. The van der Waals surface area contributed by atoms with Crippen molar-refractivity contribution in [2.24, 2.45) is 11.8 Å². The van der Waals surface area contributed by atoms with Gasteiger partial charge in [-0.05, 0) is 24.7 Å². The Morgan fingerprint density at radius 1 is 1.50 bits per heavy atom. The Morgan fingerprint density at radius 2 is 2.07 bits per heavy atom. The highest BCUT2D eigenvalue weighted by molar-refractivity contribution is 5.74. The van der Waals surface area contributed by atoms with Crippen molar-refractivity contribution >= 4 is 5.97 Å². The number of carboxylic acids is 1. The van der Waals surface area contributed by atoms with E-state index in [1.165, 1.54) is 0 Å². The first kappa shape index (κ1) is 11.5. The first-order chi connectivity index (χ1) is 6.56. The van der Waals surface area contributed by atoms with E-state index in [9.17, 15) is 4.79 Å². The number of carbonyl (C=O) groups is 1. The van der Waals surface area contributed by atoms with E-state index in [0.29, 0.717) is 0 Å². The van der Waals surface area contributed by atoms with Crippen LogP contribution in [0.25, 0.3) is 0 Å². The lowest BCUT2D eigenvalue weighted by Crippen LogP contribution is -2.48. The first-order valence-corrected chi connectivity index (χ1v) is 5.16. The first-order valence-electron chi connectivity index (χ1n) is 5.16. The van der Waals surface area contributed by atoms with Gasteiger partial charge in [-0.2, -0.15) is 0 Å². The number of hydrogen-bond acceptors (Lipinski definition) is 3. The molecule has 0 aromatic carbocycles. The van der Waals surface area contributed by atoms with Gasteiger partial charge in [0, 0.05) is 6.04 Å². The predicted molar refractivity (Wildman–Crippen MR) is 53.0 cm³/mol. The monoisotopic (exact) mass is 201 g/mol. The van der Waals surface area contributed by atoms with Crippen molar-refractivity contribution in [3.63, 3.8) is 0 Å². The molecule has 2 atom stereocenters. The van der Waals surface area contributed by atoms with Crippen LogP contribution in [0.2, 0.25) is 0 Å². The molecule has 82 valence electrons. The lowest BCUT2D eigenvalue weighted by molar-refractivity contribution is -0.140. The SMILES string of the molecule is CC(C)C(CO)NC(C(=O)O)C1CC1. The van der Waals surface area contributed by atoms with E-state index in [2.05, 4.69) is 5.32 Å². The van der Waals surface area contributed by atoms with E-state index in [4.69, 9.17) is 10.2 Å². The fraction of sp³-hybridized carbons (Fsp3) is 0.900. The highest BCUT2D eigenvalue weighted by Crippen LogP contribution is 2.33. The van der Waals surface area contributed by atoms with Gasteiger partial charge in [-0.15, -0.1) is 0 Å². The Bertz CT molecular complexity index is 202. The molecule has 14 heavy (non-hydrogen) atoms. The van der Waals surface area contributed by atoms with Crippen molar-refractivity contribution in [1.29, 1.82) is 0 Å². The molecular formula is C10H19NO3. The molecule has 3 N–H and O–H groups in total. The van der Waals surface area contributed by atoms with Crippen molar-refractivity contribution in [1.82, 2.24) is 5.32 Å². The van der Waals surface area contributed by atoms with Crippen molar-refractivity contribution in [3.05, 3.63) is 0 Å². The molecule has 1 aliphatic rings. The number of aliphatic hydroxyl groups is 1. The van der Waals surface area contributed by atoms with Crippen molar-refractivity contribution in [2.75, 3.05) is 6.61 Å². The normalized spacial score (nSPS) is 20.9. The molecular weight excluding hydrogens is 182 g/mol. The van der Waals surface area contributed by atoms with Gasteiger partial charge >= 0.3 is 5.97 Å². The van der Waals surface area contributed by atoms with Crippen LogP contribution in [0.3, 0.4) is 0 Å². The molecule has 0 radical (unpaired) electrons. The van der Waals surface area contributed by atoms with Gasteiger partial charge in [0.2, 0.25) is 0 Å². The molecule has 1 fully saturated rings. The molecule has 0 heterocycles. The number of aliphatic hydroxyl groups excluding tert-OH is 1. The molecule has 0 aromatic heterocycles. The van der Waals surface area contributed by atoms with Crippen LogP contribution in [0, 0.1) is 11.8 Å². The Hall–Kier alpha value is -0.610. The van der Waals surface area contributed by atoms with E-state index in [-0.39, 0.29) is 24.5 Å². The van der Waals surface area contributed by atoms with E-state index in [1.54, 1.807) is 0 Å². The lowest BCUT2D eigenvalue weighted by atomic mass is 10.0. The van der Waals surface area contributed by atoms with Crippen LogP contribution in [0.4, 0.5) is 0 Å². The van der Waals surface area contributed by atoms with Crippen LogP contribution < -0.4 is 5.32 Å². The van der Waals surface area contributed by atoms with Gasteiger partial charge in [-0.25, -0.2) is 0 Å². The van der Waals surface area contributed by atoms with E-state index in [1.807, 2.05) is 13.8 Å². The molecule has 0 bridgehead atoms. The number of hydrogen-bond donors (Lipinski definition) is 3. The summed E-state index contributed by atoms with van der Waals surface area (Å²) < 4.78 is 0. The molecule has 1 saturated carbocycles. The Labute approximate surface area is 84.3 Å². The van der Waals surface area contributed by atoms with Crippen molar-refractivity contribution < 1.29 is 15.0 Å². The minimum absolute atomic E-state index is 0.00579. The van der Waals surface area contributed by atoms with Gasteiger partial charge in [0.15, 0.2) is 0 Å². The molecule has 2 unspecified atom stereocenters. The van der Waals surface area contributed by atoms with Crippen LogP contribution >= 0.6 is 0 Å². The maximum atomic E-state index is 10.9. The summed E-state index contributed by atoms with van der Waals surface area (Å²) in [5, 5.41) is 21.1. The quantitative estimate of drug-likeness (QED) is 0.584. The van der Waals surface area contributed by atoms with Crippen LogP contribution in [-0.2, 0) is 4.79 Å². The Kier molecular flexibility index (Phi) is 3.89. The molecule has 4 heteroatoms. The van der Waals surface area contributed by atoms with Gasteiger partial charge in [0.1, 0.15) is 6.04 Å². The minimum Gasteiger partial charge on any atom is -0.480 e. The van der Waals surface area contributed by atoms with Crippen molar-refractivity contribution in [3.8, 4) is 0 Å². The zero-order valence-electron chi connectivity index (χ0n) is 8.73. The summed E-state index contributed by atoms with van der Waals surface area (Å²) in [7, 11) is 0. The molecule has 4 nitrogen and oxygen atoms in total. The fourth-order valence-electron chi connectivity index (χ4n) is 1.53. The molecule has 1 rings (SSSR count). The number of aliphatic carboxylic acids is 1. The fourth-order valence-corrected chi connectivity index (χ4v) is 1.53. The minimum atomic E-state index is -0.799. The topological polar surface area (TPSA) is 69.6 Å². The van der Waals surface area contributed by atoms with Crippen LogP contribution in [-0.4, -0.2) is 34.9 Å². The summed E-state index contributed by atoms with van der Waals surface area (Å²) >= 11 is 0. The molecule has 0 amide bonds. The smallest absolute Gasteiger partial charge is 0.320 e. The third-order valence-electron chi connectivity index (χ3n) is 2.75. The summed E-state index contributed by atoms with van der Waals surface area (Å²) in [4.78, 5) is 10.9. The number of nitrogens with one attached hydrogen (secondary N) is 1. The molecule has 0 spiro atoms. The van der Waals surface area contributed by atoms with Gasteiger partial charge < -0.3 is 10.2 Å². The highest BCUT2D eigenvalue weighted by atomic mass is 16.4. The second-order valence-corrected chi connectivity index (χ2v) is 4.35. The van der Waals surface area contributed by atoms with Gasteiger partial charge in [0.05, 0.1) is 6.61 Å². The number of carboxylic acid groups (broad SMARTS) is 1. The Balaban J connectivity index is 2.48. The summed E-state index contributed by atoms with van der Waals surface area (Å²) in [6.07, 6.45) is 1.97. The molecule has 0 saturated heterocycles. The number of rotatable bonds is 6. The van der Waals surface area contributed by atoms with Gasteiger partial charge in [-0.1, -0.05) is 13.8 Å². The summed E-state index contributed by atoms with van der Waals surface area (Å²) in [6, 6.07) is -0.591. The summed E-state index contributed by atoms with van der Waals surface area (Å²) in [5.41, 5.74) is 0. The molecule has 0 aliphatic heterocycles. The van der Waals surface area contributed by atoms with Crippen molar-refractivity contribution in [2.45, 2.75) is 38.8 Å². The highest BCUT2D eigenvalue weighted by Gasteiger charge is 2.37. The summed E-state index contributed by atoms with van der Waals surface area (Å²) in [6.45, 7) is 3.94. The standard InChI is InChI=1S/C10H19NO3/c1-6(2)8(5-12)11-9(10(13)14)7-3-4-7/h6-9,11-12H,3-5H2,1-2H3,(H,13,14). The van der Waals surface area contributed by atoms with Crippen LogP contribution in [0.1, 0.15) is 26.7 Å². The van der Waals surface area contributed by atoms with Gasteiger partial charge in [0.25, 0.3) is 0 Å². The largest absolute Gasteiger partial charge is 0.480 e. The van der Waals surface area contributed by atoms with Gasteiger partial charge in [-0.3, -0.25) is 10.1 Å². The second-order valence-electron chi connectivity index (χ2n) is 4.35. The molecule has 0 aromatic rings. The van der Waals surface area contributed by atoms with E-state index in [0.717, 1.165) is 12.8 Å². The summed E-state index contributed by atoms with van der Waals surface area (Å²) in [5.74, 6) is -0.285. The molecule has 1 aliphatic carbocycles. The zero-order valence-corrected chi connectivity index (χ0v) is 8.73. The van der Waals surface area contributed by atoms with Crippen LogP contribution in [0.5, 0.6) is 0 Å². The maximum absolute atomic E-state index is 10.9. The van der Waals surface area contributed by atoms with E-state index >= 15 is 0 Å². The zero-order chi connectivity index (χ0) is 10.7. The third-order valence-corrected chi connectivity index (χ3v) is 2.75. The lowest BCUT2D eigenvalue weighted by Gasteiger charge is -2.24. The second kappa shape index (κ2) is 4.75.